The molecule has 0 aromatic heterocycles. The van der Waals surface area contributed by atoms with Crippen LogP contribution < -0.4 is 9.47 Å². The lowest BCUT2D eigenvalue weighted by Gasteiger charge is -2.25. The van der Waals surface area contributed by atoms with E-state index in [2.05, 4.69) is 15.9 Å². The van der Waals surface area contributed by atoms with Gasteiger partial charge in [-0.15, -0.1) is 0 Å². The van der Waals surface area contributed by atoms with Crippen LogP contribution in [0.1, 0.15) is 25.0 Å². The Morgan fingerprint density at radius 1 is 1.38 bits per heavy atom. The molecular weight excluding hydrogens is 272 g/mol. The van der Waals surface area contributed by atoms with E-state index in [1.165, 1.54) is 0 Å². The van der Waals surface area contributed by atoms with E-state index in [0.29, 0.717) is 0 Å². The fourth-order valence-electron chi connectivity index (χ4n) is 1.95. The van der Waals surface area contributed by atoms with Gasteiger partial charge in [-0.05, 0) is 40.0 Å². The van der Waals surface area contributed by atoms with Gasteiger partial charge in [0.1, 0.15) is 0 Å². The molecule has 0 saturated carbocycles. The molecule has 1 heterocycles. The zero-order valence-electron chi connectivity index (χ0n) is 9.63. The number of fused-ring (bicyclic) bond motifs is 1. The lowest BCUT2D eigenvalue weighted by molar-refractivity contribution is 0.172. The molecule has 1 N–H and O–H groups in total. The molecule has 1 aliphatic rings. The molecule has 0 amide bonds. The Morgan fingerprint density at radius 2 is 2.00 bits per heavy atom. The Balaban J connectivity index is 2.61. The Bertz CT molecular complexity index is 427. The second-order valence-electron chi connectivity index (χ2n) is 4.64. The largest absolute Gasteiger partial charge is 0.453 e. The van der Waals surface area contributed by atoms with Gasteiger partial charge in [-0.3, -0.25) is 0 Å². The van der Waals surface area contributed by atoms with E-state index >= 15 is 0 Å². The second-order valence-corrected chi connectivity index (χ2v) is 5.49. The number of hydrogen-bond donors (Lipinski definition) is 1. The summed E-state index contributed by atoms with van der Waals surface area (Å²) >= 11 is 3.47. The third-order valence-corrected chi connectivity index (χ3v) is 3.56. The molecule has 0 spiro atoms. The van der Waals surface area contributed by atoms with Crippen LogP contribution >= 0.6 is 15.9 Å². The lowest BCUT2D eigenvalue weighted by atomic mass is 9.82. The second kappa shape index (κ2) is 3.93. The van der Waals surface area contributed by atoms with E-state index in [1.807, 2.05) is 26.8 Å². The Kier molecular flexibility index (Phi) is 2.88. The summed E-state index contributed by atoms with van der Waals surface area (Å²) in [6.45, 7) is 6.36. The molecule has 0 fully saturated rings. The number of halogens is 1. The number of aliphatic hydroxyl groups is 1. The van der Waals surface area contributed by atoms with Gasteiger partial charge in [-0.25, -0.2) is 0 Å². The monoisotopic (exact) mass is 286 g/mol. The first-order valence-corrected chi connectivity index (χ1v) is 5.96. The van der Waals surface area contributed by atoms with Crippen molar-refractivity contribution in [3.8, 4) is 11.5 Å². The average molecular weight is 287 g/mol. The summed E-state index contributed by atoms with van der Waals surface area (Å²) in [5.74, 6) is 1.54. The zero-order chi connectivity index (χ0) is 11.9. The number of rotatable bonds is 2. The third kappa shape index (κ3) is 1.70. The highest BCUT2D eigenvalue weighted by Gasteiger charge is 2.29. The Labute approximate surface area is 104 Å². The van der Waals surface area contributed by atoms with Crippen LogP contribution in [0.2, 0.25) is 0 Å². The molecule has 4 heteroatoms. The van der Waals surface area contributed by atoms with Gasteiger partial charge in [0, 0.05) is 5.41 Å². The van der Waals surface area contributed by atoms with Crippen molar-refractivity contribution in [1.82, 2.24) is 0 Å². The molecule has 1 aromatic carbocycles. The van der Waals surface area contributed by atoms with Crippen LogP contribution in [0.4, 0.5) is 0 Å². The van der Waals surface area contributed by atoms with Crippen LogP contribution in [-0.4, -0.2) is 18.5 Å². The lowest BCUT2D eigenvalue weighted by Crippen LogP contribution is -2.23. The summed E-state index contributed by atoms with van der Waals surface area (Å²) in [7, 11) is 0. The van der Waals surface area contributed by atoms with Crippen LogP contribution in [0.3, 0.4) is 0 Å². The van der Waals surface area contributed by atoms with Crippen LogP contribution in [0, 0.1) is 6.92 Å². The summed E-state index contributed by atoms with van der Waals surface area (Å²) in [4.78, 5) is 0. The molecule has 2 rings (SSSR count). The quantitative estimate of drug-likeness (QED) is 0.909. The van der Waals surface area contributed by atoms with E-state index in [9.17, 15) is 5.11 Å². The molecule has 0 radical (unpaired) electrons. The topological polar surface area (TPSA) is 38.7 Å². The summed E-state index contributed by atoms with van der Waals surface area (Å²) in [5.41, 5.74) is 1.83. The van der Waals surface area contributed by atoms with Gasteiger partial charge in [0.05, 0.1) is 11.1 Å². The van der Waals surface area contributed by atoms with E-state index in [4.69, 9.17) is 9.47 Å². The smallest absolute Gasteiger partial charge is 0.231 e. The first-order chi connectivity index (χ1) is 7.47. The predicted octanol–water partition coefficient (Wildman–Crippen LogP) is 2.76. The highest BCUT2D eigenvalue weighted by atomic mass is 79.9. The van der Waals surface area contributed by atoms with Crippen LogP contribution in [0.5, 0.6) is 11.5 Å². The van der Waals surface area contributed by atoms with Crippen molar-refractivity contribution in [2.75, 3.05) is 13.4 Å². The molecule has 0 bridgehead atoms. The molecular formula is C12H15BrO3. The van der Waals surface area contributed by atoms with Gasteiger partial charge in [-0.1, -0.05) is 13.8 Å². The summed E-state index contributed by atoms with van der Waals surface area (Å²) in [5, 5.41) is 9.42. The minimum absolute atomic E-state index is 0.0971. The average Bonchev–Trinajstić information content (AvgIpc) is 2.72. The van der Waals surface area contributed by atoms with Gasteiger partial charge in [0.25, 0.3) is 0 Å². The molecule has 0 atom stereocenters. The van der Waals surface area contributed by atoms with Crippen molar-refractivity contribution < 1.29 is 14.6 Å². The fraction of sp³-hybridized carbons (Fsp3) is 0.500. The molecule has 1 aliphatic heterocycles. The highest BCUT2D eigenvalue weighted by molar-refractivity contribution is 9.10. The van der Waals surface area contributed by atoms with Crippen LogP contribution in [-0.2, 0) is 5.41 Å². The molecule has 16 heavy (non-hydrogen) atoms. The van der Waals surface area contributed by atoms with Gasteiger partial charge in [-0.2, -0.15) is 0 Å². The zero-order valence-corrected chi connectivity index (χ0v) is 11.2. The molecule has 0 saturated heterocycles. The number of hydrogen-bond acceptors (Lipinski definition) is 3. The molecule has 0 aliphatic carbocycles. The summed E-state index contributed by atoms with van der Waals surface area (Å²) in [6.07, 6.45) is 0. The Morgan fingerprint density at radius 3 is 2.62 bits per heavy atom. The van der Waals surface area contributed by atoms with Crippen LogP contribution in [0.25, 0.3) is 0 Å². The van der Waals surface area contributed by atoms with Crippen molar-refractivity contribution >= 4 is 15.9 Å². The first-order valence-electron chi connectivity index (χ1n) is 5.17. The van der Waals surface area contributed by atoms with E-state index in [1.54, 1.807) is 0 Å². The maximum Gasteiger partial charge on any atom is 0.231 e. The maximum atomic E-state index is 9.42. The summed E-state index contributed by atoms with van der Waals surface area (Å²) in [6, 6.07) is 2.00. The Hall–Kier alpha value is -0.740. The van der Waals surface area contributed by atoms with Gasteiger partial charge < -0.3 is 14.6 Å². The normalized spacial score (nSPS) is 14.3. The number of aliphatic hydroxyl groups excluding tert-OH is 1. The standard InChI is InChI=1S/C12H15BrO3/c1-7-8(12(2,3)5-14)4-9(13)11-10(7)15-6-16-11/h4,14H,5-6H2,1-3H3. The van der Waals surface area contributed by atoms with Crippen molar-refractivity contribution in [3.63, 3.8) is 0 Å². The molecule has 0 unspecified atom stereocenters. The van der Waals surface area contributed by atoms with Crippen molar-refractivity contribution in [1.29, 1.82) is 0 Å². The predicted molar refractivity (Wildman–Crippen MR) is 65.1 cm³/mol. The van der Waals surface area contributed by atoms with Crippen molar-refractivity contribution in [3.05, 3.63) is 21.7 Å². The molecule has 88 valence electrons. The minimum atomic E-state index is -0.284. The van der Waals surface area contributed by atoms with Gasteiger partial charge >= 0.3 is 0 Å². The highest BCUT2D eigenvalue weighted by Crippen LogP contribution is 2.45. The number of benzene rings is 1. The van der Waals surface area contributed by atoms with E-state index < -0.39 is 0 Å². The SMILES string of the molecule is Cc1c(C(C)(C)CO)cc(Br)c2c1OCO2. The van der Waals surface area contributed by atoms with Crippen LogP contribution in [0.15, 0.2) is 10.5 Å². The van der Waals surface area contributed by atoms with E-state index in [0.717, 1.165) is 27.1 Å². The fourth-order valence-corrected chi connectivity index (χ4v) is 2.47. The maximum absolute atomic E-state index is 9.42. The van der Waals surface area contributed by atoms with Crippen molar-refractivity contribution in [2.24, 2.45) is 0 Å². The molecule has 1 aromatic rings. The minimum Gasteiger partial charge on any atom is -0.453 e. The van der Waals surface area contributed by atoms with E-state index in [-0.39, 0.29) is 18.8 Å². The molecule has 3 nitrogen and oxygen atoms in total. The summed E-state index contributed by atoms with van der Waals surface area (Å²) < 4.78 is 11.7. The first kappa shape index (κ1) is 11.7. The van der Waals surface area contributed by atoms with Gasteiger partial charge in [0.15, 0.2) is 11.5 Å². The number of ether oxygens (including phenoxy) is 2. The van der Waals surface area contributed by atoms with Crippen molar-refractivity contribution in [2.45, 2.75) is 26.2 Å². The third-order valence-electron chi connectivity index (χ3n) is 2.97. The van der Waals surface area contributed by atoms with Gasteiger partial charge in [0.2, 0.25) is 6.79 Å².